The van der Waals surface area contributed by atoms with Gasteiger partial charge in [0.25, 0.3) is 0 Å². The van der Waals surface area contributed by atoms with Crippen LogP contribution in [0.25, 0.3) is 0 Å². The summed E-state index contributed by atoms with van der Waals surface area (Å²) < 4.78 is 3.22. The van der Waals surface area contributed by atoms with E-state index < -0.39 is 16.1 Å². The first kappa shape index (κ1) is 16.7. The number of benzene rings is 1. The van der Waals surface area contributed by atoms with Crippen LogP contribution in [0.15, 0.2) is 24.3 Å². The normalized spacial score (nSPS) is 13.1. The van der Waals surface area contributed by atoms with Crippen molar-refractivity contribution in [2.45, 2.75) is 16.9 Å². The molecule has 0 radical (unpaired) electrons. The van der Waals surface area contributed by atoms with E-state index in [0.29, 0.717) is 9.92 Å². The lowest BCUT2D eigenvalue weighted by atomic mass is 10.3. The molecule has 0 fully saturated rings. The number of carbonyl (C=O) groups excluding carboxylic acids is 1. The maximum atomic E-state index is 11.3. The number of ether oxygens (including phenoxy) is 1. The van der Waals surface area contributed by atoms with E-state index >= 15 is 0 Å². The first-order valence-electron chi connectivity index (χ1n) is 5.21. The third-order valence-electron chi connectivity index (χ3n) is 2.12. The summed E-state index contributed by atoms with van der Waals surface area (Å²) >= 11 is 23.0. The second-order valence-electron chi connectivity index (χ2n) is 3.47. The number of hydrogen-bond donors (Lipinski definition) is 0. The molecule has 0 saturated carbocycles. The number of carboxylic acid groups (broad SMARTS) is 1. The Labute approximate surface area is 130 Å². The van der Waals surface area contributed by atoms with E-state index in [1.807, 2.05) is 0 Å². The van der Waals surface area contributed by atoms with Crippen LogP contribution in [0.4, 0.5) is 10.5 Å². The number of amides is 1. The predicted molar refractivity (Wildman–Crippen MR) is 75.0 cm³/mol. The van der Waals surface area contributed by atoms with E-state index in [0.717, 1.165) is 0 Å². The summed E-state index contributed by atoms with van der Waals surface area (Å²) in [5, 5.41) is 11.6. The molecule has 1 unspecified atom stereocenters. The average Bonchev–Trinajstić information content (AvgIpc) is 2.26. The fourth-order valence-corrected chi connectivity index (χ4v) is 2.10. The summed E-state index contributed by atoms with van der Waals surface area (Å²) in [6.07, 6.45) is -2.90. The highest BCUT2D eigenvalue weighted by molar-refractivity contribution is 6.68. The quantitative estimate of drug-likeness (QED) is 0.621. The Morgan fingerprint density at radius 3 is 2.53 bits per heavy atom. The molecule has 1 rings (SSSR count). The van der Waals surface area contributed by atoms with Crippen LogP contribution >= 0.6 is 46.4 Å². The monoisotopic (exact) mass is 344 g/mol. The zero-order valence-electron chi connectivity index (χ0n) is 9.78. The van der Waals surface area contributed by atoms with Gasteiger partial charge in [0, 0.05) is 17.3 Å². The Morgan fingerprint density at radius 2 is 2.11 bits per heavy atom. The topological polar surface area (TPSA) is 52.6 Å². The lowest BCUT2D eigenvalue weighted by molar-refractivity contribution is -0.249. The van der Waals surface area contributed by atoms with Crippen molar-refractivity contribution in [1.29, 1.82) is 0 Å². The molecule has 0 bridgehead atoms. The maximum absolute atomic E-state index is 11.3. The molecule has 0 aromatic heterocycles. The molecule has 1 aromatic rings. The number of hydrogen-bond acceptors (Lipinski definition) is 3. The number of anilines is 1. The highest BCUT2D eigenvalue weighted by Gasteiger charge is 2.39. The first-order valence-corrected chi connectivity index (χ1v) is 6.72. The molecule has 19 heavy (non-hydrogen) atoms. The lowest BCUT2D eigenvalue weighted by Crippen LogP contribution is -2.54. The SMILES string of the molecule is CCOC(N(C(=O)[O-])c1cccc(Cl)c1)C(Cl)(Cl)Cl. The molecule has 0 saturated heterocycles. The zero-order valence-corrected chi connectivity index (χ0v) is 12.8. The fourth-order valence-electron chi connectivity index (χ4n) is 1.44. The molecule has 0 heterocycles. The first-order chi connectivity index (χ1) is 8.77. The summed E-state index contributed by atoms with van der Waals surface area (Å²) in [6, 6.07) is 6.04. The number of halogens is 4. The van der Waals surface area contributed by atoms with Crippen molar-refractivity contribution >= 4 is 58.2 Å². The summed E-state index contributed by atoms with van der Waals surface area (Å²) in [6.45, 7) is 1.80. The third kappa shape index (κ3) is 4.58. The molecular weight excluding hydrogens is 336 g/mol. The number of rotatable bonds is 4. The van der Waals surface area contributed by atoms with Gasteiger partial charge in [-0.15, -0.1) is 0 Å². The minimum atomic E-state index is -1.97. The average molecular weight is 346 g/mol. The van der Waals surface area contributed by atoms with Gasteiger partial charge in [-0.2, -0.15) is 0 Å². The van der Waals surface area contributed by atoms with Crippen LogP contribution in [-0.4, -0.2) is 22.7 Å². The van der Waals surface area contributed by atoms with Gasteiger partial charge in [0.2, 0.25) is 3.79 Å². The minimum Gasteiger partial charge on any atom is -0.530 e. The van der Waals surface area contributed by atoms with Crippen molar-refractivity contribution in [2.75, 3.05) is 11.5 Å². The van der Waals surface area contributed by atoms with Gasteiger partial charge in [-0.25, -0.2) is 0 Å². The van der Waals surface area contributed by atoms with E-state index in [2.05, 4.69) is 0 Å². The molecule has 4 nitrogen and oxygen atoms in total. The van der Waals surface area contributed by atoms with Crippen molar-refractivity contribution in [3.8, 4) is 0 Å². The fraction of sp³-hybridized carbons (Fsp3) is 0.364. The van der Waals surface area contributed by atoms with Crippen molar-refractivity contribution < 1.29 is 14.6 Å². The lowest BCUT2D eigenvalue weighted by Gasteiger charge is -2.37. The van der Waals surface area contributed by atoms with Crippen LogP contribution in [0.1, 0.15) is 6.92 Å². The van der Waals surface area contributed by atoms with E-state index in [-0.39, 0.29) is 12.3 Å². The van der Waals surface area contributed by atoms with Gasteiger partial charge in [0.15, 0.2) is 6.23 Å². The largest absolute Gasteiger partial charge is 0.530 e. The van der Waals surface area contributed by atoms with Crippen molar-refractivity contribution in [3.05, 3.63) is 29.3 Å². The molecule has 106 valence electrons. The van der Waals surface area contributed by atoms with Gasteiger partial charge >= 0.3 is 0 Å². The highest BCUT2D eigenvalue weighted by Crippen LogP contribution is 2.36. The zero-order chi connectivity index (χ0) is 14.6. The molecule has 1 amide bonds. The second kappa shape index (κ2) is 6.86. The smallest absolute Gasteiger partial charge is 0.235 e. The van der Waals surface area contributed by atoms with Crippen LogP contribution in [0.3, 0.4) is 0 Å². The Balaban J connectivity index is 3.21. The molecule has 1 aromatic carbocycles. The van der Waals surface area contributed by atoms with Gasteiger partial charge in [-0.1, -0.05) is 52.5 Å². The van der Waals surface area contributed by atoms with Crippen molar-refractivity contribution in [1.82, 2.24) is 0 Å². The Hall–Kier alpha value is -0.390. The number of nitrogens with zero attached hydrogens (tertiary/aromatic N) is 1. The third-order valence-corrected chi connectivity index (χ3v) is 2.92. The molecule has 0 aliphatic carbocycles. The van der Waals surface area contributed by atoms with E-state index in [1.54, 1.807) is 19.1 Å². The van der Waals surface area contributed by atoms with Crippen LogP contribution in [-0.2, 0) is 4.74 Å². The van der Waals surface area contributed by atoms with E-state index in [4.69, 9.17) is 51.1 Å². The van der Waals surface area contributed by atoms with Gasteiger partial charge in [0.1, 0.15) is 6.09 Å². The van der Waals surface area contributed by atoms with Crippen molar-refractivity contribution in [2.24, 2.45) is 0 Å². The van der Waals surface area contributed by atoms with Gasteiger partial charge in [-0.3, -0.25) is 4.90 Å². The summed E-state index contributed by atoms with van der Waals surface area (Å²) in [7, 11) is 0. The maximum Gasteiger partial charge on any atom is 0.235 e. The molecule has 0 aliphatic rings. The Bertz CT molecular complexity index is 450. The molecule has 0 spiro atoms. The number of alkyl halides is 3. The van der Waals surface area contributed by atoms with Crippen LogP contribution in [0.5, 0.6) is 0 Å². The van der Waals surface area contributed by atoms with Gasteiger partial charge < -0.3 is 14.6 Å². The molecule has 1 atom stereocenters. The highest BCUT2D eigenvalue weighted by atomic mass is 35.6. The standard InChI is InChI=1S/C11H11Cl4NO3/c1-2-19-9(11(13,14)15)16(10(17)18)8-5-3-4-7(12)6-8/h3-6,9H,2H2,1H3,(H,17,18)/p-1. The molecule has 0 N–H and O–H groups in total. The molecular formula is C11H10Cl4NO3-. The second-order valence-corrected chi connectivity index (χ2v) is 6.27. The summed E-state index contributed by atoms with van der Waals surface area (Å²) in [4.78, 5) is 12.0. The summed E-state index contributed by atoms with van der Waals surface area (Å²) in [5.74, 6) is 0. The van der Waals surface area contributed by atoms with Crippen molar-refractivity contribution in [3.63, 3.8) is 0 Å². The van der Waals surface area contributed by atoms with E-state index in [9.17, 15) is 9.90 Å². The van der Waals surface area contributed by atoms with Crippen LogP contribution in [0, 0.1) is 0 Å². The summed E-state index contributed by atoms with van der Waals surface area (Å²) in [5.41, 5.74) is 0.192. The van der Waals surface area contributed by atoms with Gasteiger partial charge in [0.05, 0.1) is 0 Å². The molecule has 0 aliphatic heterocycles. The predicted octanol–water partition coefficient (Wildman–Crippen LogP) is 3.22. The molecule has 8 heteroatoms. The Kier molecular flexibility index (Phi) is 6.02. The van der Waals surface area contributed by atoms with Crippen LogP contribution < -0.4 is 10.0 Å². The Morgan fingerprint density at radius 1 is 1.47 bits per heavy atom. The van der Waals surface area contributed by atoms with Gasteiger partial charge in [-0.05, 0) is 25.1 Å². The minimum absolute atomic E-state index is 0.156. The number of carbonyl (C=O) groups is 1. The van der Waals surface area contributed by atoms with E-state index in [1.165, 1.54) is 12.1 Å². The van der Waals surface area contributed by atoms with Crippen LogP contribution in [0.2, 0.25) is 5.02 Å².